The van der Waals surface area contributed by atoms with Crippen LogP contribution >= 0.6 is 0 Å². The highest BCUT2D eigenvalue weighted by Crippen LogP contribution is 2.47. The lowest BCUT2D eigenvalue weighted by Gasteiger charge is -2.38. The summed E-state index contributed by atoms with van der Waals surface area (Å²) in [7, 11) is 1.67. The van der Waals surface area contributed by atoms with Crippen molar-refractivity contribution in [2.75, 3.05) is 7.11 Å². The normalized spacial score (nSPS) is 16.9. The van der Waals surface area contributed by atoms with Gasteiger partial charge in [-0.3, -0.25) is 0 Å². The molecule has 3 nitrogen and oxygen atoms in total. The van der Waals surface area contributed by atoms with Crippen LogP contribution in [-0.2, 0) is 10.3 Å². The summed E-state index contributed by atoms with van der Waals surface area (Å²) in [5.74, 6) is 0.885. The van der Waals surface area contributed by atoms with Crippen molar-refractivity contribution in [1.29, 1.82) is 0 Å². The van der Waals surface area contributed by atoms with Gasteiger partial charge in [-0.25, -0.2) is 4.79 Å². The molecule has 1 aromatic rings. The molecule has 2 rings (SSSR count). The van der Waals surface area contributed by atoms with Gasteiger partial charge in [0, 0.05) is 0 Å². The molecule has 0 saturated heterocycles. The number of carbonyl (C=O) groups excluding carboxylic acids is 1. The molecular weight excluding hydrogens is 214 g/mol. The summed E-state index contributed by atoms with van der Waals surface area (Å²) in [5, 5.41) is 0. The minimum Gasteiger partial charge on any atom is -0.496 e. The molecule has 90 valence electrons. The zero-order chi connectivity index (χ0) is 12.5. The van der Waals surface area contributed by atoms with Crippen molar-refractivity contribution in [2.45, 2.75) is 38.6 Å². The van der Waals surface area contributed by atoms with Crippen LogP contribution in [0, 0.1) is 13.8 Å². The summed E-state index contributed by atoms with van der Waals surface area (Å²) in [5.41, 5.74) is 3.12. The van der Waals surface area contributed by atoms with E-state index in [1.807, 2.05) is 19.1 Å². The van der Waals surface area contributed by atoms with Crippen LogP contribution in [-0.4, -0.2) is 13.2 Å². The Morgan fingerprint density at radius 3 is 2.47 bits per heavy atom. The molecule has 0 spiro atoms. The number of ether oxygens (including phenoxy) is 1. The summed E-state index contributed by atoms with van der Waals surface area (Å²) in [6.45, 7) is 4.10. The van der Waals surface area contributed by atoms with Gasteiger partial charge in [-0.1, -0.05) is 6.07 Å². The van der Waals surface area contributed by atoms with Gasteiger partial charge in [0.25, 0.3) is 0 Å². The maximum atomic E-state index is 10.6. The van der Waals surface area contributed by atoms with Crippen molar-refractivity contribution in [2.24, 2.45) is 4.99 Å². The Bertz CT molecular complexity index is 483. The van der Waals surface area contributed by atoms with Gasteiger partial charge in [-0.15, -0.1) is 0 Å². The standard InChI is InChI=1S/C14H17NO2/c1-10-11(2)13(17-3)6-5-12(10)14(15-9-16)7-4-8-14/h5-6H,4,7-8H2,1-3H3. The second-order valence-corrected chi connectivity index (χ2v) is 4.65. The monoisotopic (exact) mass is 231 g/mol. The van der Waals surface area contributed by atoms with Crippen molar-refractivity contribution < 1.29 is 9.53 Å². The van der Waals surface area contributed by atoms with Crippen LogP contribution in [0.15, 0.2) is 17.1 Å². The first-order valence-electron chi connectivity index (χ1n) is 5.88. The Balaban J connectivity index is 2.53. The summed E-state index contributed by atoms with van der Waals surface area (Å²) >= 11 is 0. The van der Waals surface area contributed by atoms with Crippen molar-refractivity contribution in [3.05, 3.63) is 28.8 Å². The van der Waals surface area contributed by atoms with E-state index in [9.17, 15) is 4.79 Å². The highest BCUT2D eigenvalue weighted by atomic mass is 16.5. The fraction of sp³-hybridized carbons (Fsp3) is 0.500. The SMILES string of the molecule is COc1ccc(C2(N=C=O)CCC2)c(C)c1C. The van der Waals surface area contributed by atoms with E-state index in [1.54, 1.807) is 13.2 Å². The number of hydrogen-bond donors (Lipinski definition) is 0. The number of benzene rings is 1. The third-order valence-electron chi connectivity index (χ3n) is 3.90. The molecule has 1 saturated carbocycles. The largest absolute Gasteiger partial charge is 0.496 e. The molecule has 0 radical (unpaired) electrons. The molecular formula is C14H17NO2. The lowest BCUT2D eigenvalue weighted by molar-refractivity contribution is 0.254. The van der Waals surface area contributed by atoms with Crippen LogP contribution < -0.4 is 4.74 Å². The first-order chi connectivity index (χ1) is 8.14. The maximum Gasteiger partial charge on any atom is 0.235 e. The molecule has 0 bridgehead atoms. The van der Waals surface area contributed by atoms with Gasteiger partial charge in [-0.2, -0.15) is 4.99 Å². The number of hydrogen-bond acceptors (Lipinski definition) is 3. The number of nitrogens with zero attached hydrogens (tertiary/aromatic N) is 1. The highest BCUT2D eigenvalue weighted by molar-refractivity contribution is 5.49. The molecule has 17 heavy (non-hydrogen) atoms. The predicted molar refractivity (Wildman–Crippen MR) is 66.1 cm³/mol. The predicted octanol–water partition coefficient (Wildman–Crippen LogP) is 3.03. The highest BCUT2D eigenvalue weighted by Gasteiger charge is 2.40. The van der Waals surface area contributed by atoms with Crippen LogP contribution in [0.3, 0.4) is 0 Å². The lowest BCUT2D eigenvalue weighted by Crippen LogP contribution is -2.32. The Hall–Kier alpha value is -1.60. The van der Waals surface area contributed by atoms with Crippen molar-refractivity contribution in [3.8, 4) is 5.75 Å². The first kappa shape index (κ1) is 11.9. The minimum atomic E-state index is -0.317. The van der Waals surface area contributed by atoms with E-state index in [1.165, 1.54) is 5.56 Å². The number of isocyanates is 1. The Kier molecular flexibility index (Phi) is 3.03. The van der Waals surface area contributed by atoms with Gasteiger partial charge < -0.3 is 4.74 Å². The molecule has 0 heterocycles. The number of aliphatic imine (C=N–C) groups is 1. The van der Waals surface area contributed by atoms with Crippen molar-refractivity contribution in [3.63, 3.8) is 0 Å². The molecule has 1 aliphatic carbocycles. The van der Waals surface area contributed by atoms with Crippen LogP contribution in [0.4, 0.5) is 0 Å². The minimum absolute atomic E-state index is 0.317. The summed E-state index contributed by atoms with van der Waals surface area (Å²) in [4.78, 5) is 14.6. The molecule has 1 aromatic carbocycles. The third-order valence-corrected chi connectivity index (χ3v) is 3.90. The van der Waals surface area contributed by atoms with Crippen LogP contribution in [0.1, 0.15) is 36.0 Å². The van der Waals surface area contributed by atoms with E-state index in [2.05, 4.69) is 11.9 Å². The molecule has 3 heteroatoms. The summed E-state index contributed by atoms with van der Waals surface area (Å²) in [6.07, 6.45) is 4.73. The van der Waals surface area contributed by atoms with E-state index in [4.69, 9.17) is 4.74 Å². The Labute approximate surface area is 102 Å². The maximum absolute atomic E-state index is 10.6. The molecule has 1 fully saturated rings. The van der Waals surface area contributed by atoms with E-state index in [-0.39, 0.29) is 5.54 Å². The van der Waals surface area contributed by atoms with Crippen LogP contribution in [0.2, 0.25) is 0 Å². The third kappa shape index (κ3) is 1.77. The lowest BCUT2D eigenvalue weighted by atomic mass is 9.70. The smallest absolute Gasteiger partial charge is 0.235 e. The van der Waals surface area contributed by atoms with Gasteiger partial charge in [0.05, 0.1) is 12.6 Å². The van der Waals surface area contributed by atoms with Gasteiger partial charge in [0.15, 0.2) is 0 Å². The topological polar surface area (TPSA) is 38.7 Å². The summed E-state index contributed by atoms with van der Waals surface area (Å²) in [6, 6.07) is 3.99. The molecule has 0 aromatic heterocycles. The van der Waals surface area contributed by atoms with E-state index in [0.29, 0.717) is 0 Å². The molecule has 0 N–H and O–H groups in total. The van der Waals surface area contributed by atoms with Gasteiger partial charge in [0.2, 0.25) is 6.08 Å². The zero-order valence-electron chi connectivity index (χ0n) is 10.5. The molecule has 0 atom stereocenters. The second kappa shape index (κ2) is 4.34. The fourth-order valence-corrected chi connectivity index (χ4v) is 2.56. The number of methoxy groups -OCH3 is 1. The molecule has 0 aliphatic heterocycles. The van der Waals surface area contributed by atoms with Gasteiger partial charge in [0.1, 0.15) is 5.75 Å². The van der Waals surface area contributed by atoms with E-state index in [0.717, 1.165) is 36.1 Å². The first-order valence-corrected chi connectivity index (χ1v) is 5.88. The summed E-state index contributed by atoms with van der Waals surface area (Å²) < 4.78 is 5.30. The van der Waals surface area contributed by atoms with Crippen molar-refractivity contribution >= 4 is 6.08 Å². The van der Waals surface area contributed by atoms with Crippen LogP contribution in [0.25, 0.3) is 0 Å². The van der Waals surface area contributed by atoms with Crippen molar-refractivity contribution in [1.82, 2.24) is 0 Å². The zero-order valence-corrected chi connectivity index (χ0v) is 10.5. The molecule has 0 amide bonds. The average molecular weight is 231 g/mol. The molecule has 0 unspecified atom stereocenters. The molecule has 1 aliphatic rings. The number of rotatable bonds is 3. The van der Waals surface area contributed by atoms with E-state index >= 15 is 0 Å². The quantitative estimate of drug-likeness (QED) is 0.592. The average Bonchev–Trinajstić information content (AvgIpc) is 2.28. The second-order valence-electron chi connectivity index (χ2n) is 4.65. The Morgan fingerprint density at radius 2 is 2.00 bits per heavy atom. The van der Waals surface area contributed by atoms with Crippen LogP contribution in [0.5, 0.6) is 5.75 Å². The van der Waals surface area contributed by atoms with Gasteiger partial charge >= 0.3 is 0 Å². The van der Waals surface area contributed by atoms with Gasteiger partial charge in [-0.05, 0) is 55.9 Å². The Morgan fingerprint density at radius 1 is 1.29 bits per heavy atom. The van der Waals surface area contributed by atoms with E-state index < -0.39 is 0 Å². The fourth-order valence-electron chi connectivity index (χ4n) is 2.56.